The molecular weight excluding hydrogens is 478 g/mol. The lowest BCUT2D eigenvalue weighted by Gasteiger charge is -2.40. The number of nitrogens with zero attached hydrogens (tertiary/aromatic N) is 4. The van der Waals surface area contributed by atoms with Crippen molar-refractivity contribution in [3.05, 3.63) is 39.8 Å². The third-order valence-corrected chi connectivity index (χ3v) is 7.93. The fourth-order valence-corrected chi connectivity index (χ4v) is 5.56. The number of rotatable bonds is 8. The molecule has 5 rings (SSSR count). The Balaban J connectivity index is 0.00000304. The molecule has 36 heavy (non-hydrogen) atoms. The maximum Gasteiger partial charge on any atom is 0.259 e. The standard InChI is InChI=1S/C27H37N5O3.ClH/c1-18-13-24-22(25-23(26(33)29-24)15-28-32(25)17-20-7-6-8-20)14-21(18)27(34)31-11-10-30(19(2)16-31)9-4-5-12-35-3;/h13-15,19-20H,4-12,16-17H2,1-3H3,(H,29,33);1H/t19-;/m0./s1. The summed E-state index contributed by atoms with van der Waals surface area (Å²) < 4.78 is 7.14. The minimum absolute atomic E-state index is 0. The van der Waals surface area contributed by atoms with Crippen LogP contribution in [-0.2, 0) is 11.3 Å². The van der Waals surface area contributed by atoms with Gasteiger partial charge in [-0.1, -0.05) is 6.42 Å². The number of amides is 1. The molecule has 1 aromatic carbocycles. The first-order valence-electron chi connectivity index (χ1n) is 13.0. The Morgan fingerprint density at radius 3 is 2.69 bits per heavy atom. The summed E-state index contributed by atoms with van der Waals surface area (Å²) in [5.41, 5.74) is 3.08. The SMILES string of the molecule is COCCCCN1CCN(C(=O)c2cc3c(cc2C)[nH]c(=O)c2cnn(CC4CCC4)c23)C[C@@H]1C.Cl. The smallest absolute Gasteiger partial charge is 0.259 e. The molecule has 0 spiro atoms. The van der Waals surface area contributed by atoms with Crippen LogP contribution in [0.2, 0.25) is 0 Å². The van der Waals surface area contributed by atoms with Gasteiger partial charge in [-0.3, -0.25) is 19.2 Å². The molecule has 0 bridgehead atoms. The van der Waals surface area contributed by atoms with Gasteiger partial charge in [0.25, 0.3) is 11.5 Å². The highest BCUT2D eigenvalue weighted by molar-refractivity contribution is 6.07. The Kier molecular flexibility index (Phi) is 8.37. The van der Waals surface area contributed by atoms with E-state index in [2.05, 4.69) is 21.9 Å². The second-order valence-corrected chi connectivity index (χ2v) is 10.4. The van der Waals surface area contributed by atoms with Gasteiger partial charge in [-0.25, -0.2) is 0 Å². The number of fused-ring (bicyclic) bond motifs is 3. The molecule has 8 nitrogen and oxygen atoms in total. The van der Waals surface area contributed by atoms with Crippen LogP contribution in [0.1, 0.15) is 54.9 Å². The molecule has 1 aliphatic heterocycles. The summed E-state index contributed by atoms with van der Waals surface area (Å²) in [7, 11) is 1.74. The van der Waals surface area contributed by atoms with Gasteiger partial charge in [0.1, 0.15) is 0 Å². The van der Waals surface area contributed by atoms with Crippen LogP contribution in [0.25, 0.3) is 21.8 Å². The van der Waals surface area contributed by atoms with Gasteiger partial charge in [0.05, 0.1) is 22.6 Å². The quantitative estimate of drug-likeness (QED) is 0.459. The number of nitrogens with one attached hydrogen (secondary N) is 1. The van der Waals surface area contributed by atoms with Crippen LogP contribution >= 0.6 is 12.4 Å². The second-order valence-electron chi connectivity index (χ2n) is 10.4. The highest BCUT2D eigenvalue weighted by Gasteiger charge is 2.28. The zero-order valence-corrected chi connectivity index (χ0v) is 22.4. The van der Waals surface area contributed by atoms with E-state index in [0.717, 1.165) is 74.2 Å². The Bertz CT molecular complexity index is 1280. The largest absolute Gasteiger partial charge is 0.385 e. The summed E-state index contributed by atoms with van der Waals surface area (Å²) in [4.78, 5) is 33.9. The number of aromatic nitrogens is 3. The minimum Gasteiger partial charge on any atom is -0.385 e. The number of ether oxygens (including phenoxy) is 1. The Morgan fingerprint density at radius 2 is 2.00 bits per heavy atom. The molecule has 1 aliphatic carbocycles. The van der Waals surface area contributed by atoms with E-state index in [9.17, 15) is 9.59 Å². The predicted octanol–water partition coefficient (Wildman–Crippen LogP) is 3.98. The van der Waals surface area contributed by atoms with E-state index in [-0.39, 0.29) is 23.9 Å². The lowest BCUT2D eigenvalue weighted by atomic mass is 9.85. The van der Waals surface area contributed by atoms with Gasteiger partial charge >= 0.3 is 0 Å². The average Bonchev–Trinajstić information content (AvgIpc) is 3.24. The summed E-state index contributed by atoms with van der Waals surface area (Å²) in [6, 6.07) is 4.24. The number of H-pyrrole nitrogens is 1. The molecule has 1 saturated heterocycles. The monoisotopic (exact) mass is 515 g/mol. The van der Waals surface area contributed by atoms with E-state index >= 15 is 0 Å². The molecule has 1 atom stereocenters. The maximum absolute atomic E-state index is 13.7. The first kappa shape index (κ1) is 26.6. The van der Waals surface area contributed by atoms with Gasteiger partial charge < -0.3 is 14.6 Å². The fraction of sp³-hybridized carbons (Fsp3) is 0.593. The topological polar surface area (TPSA) is 83.5 Å². The van der Waals surface area contributed by atoms with Gasteiger partial charge in [0, 0.05) is 56.9 Å². The molecule has 3 heterocycles. The third-order valence-electron chi connectivity index (χ3n) is 7.93. The maximum atomic E-state index is 13.7. The number of pyridine rings is 1. The number of methoxy groups -OCH3 is 1. The molecule has 2 aliphatic rings. The molecule has 2 fully saturated rings. The first-order valence-corrected chi connectivity index (χ1v) is 13.0. The Labute approximate surface area is 218 Å². The number of carbonyl (C=O) groups excluding carboxylic acids is 1. The summed E-state index contributed by atoms with van der Waals surface area (Å²) in [5, 5.41) is 6.05. The summed E-state index contributed by atoms with van der Waals surface area (Å²) in [5.74, 6) is 0.686. The average molecular weight is 516 g/mol. The second kappa shape index (κ2) is 11.3. The molecular formula is C27H38ClN5O3. The highest BCUT2D eigenvalue weighted by Crippen LogP contribution is 2.31. The van der Waals surface area contributed by atoms with Gasteiger partial charge in [-0.2, -0.15) is 5.10 Å². The van der Waals surface area contributed by atoms with Crippen molar-refractivity contribution >= 4 is 40.1 Å². The first-order chi connectivity index (χ1) is 17.0. The Hall–Kier alpha value is -2.42. The lowest BCUT2D eigenvalue weighted by molar-refractivity contribution is 0.0505. The number of hydrogen-bond donors (Lipinski definition) is 1. The van der Waals surface area contributed by atoms with Crippen molar-refractivity contribution in [1.29, 1.82) is 0 Å². The number of carbonyl (C=O) groups is 1. The van der Waals surface area contributed by atoms with Gasteiger partial charge in [-0.15, -0.1) is 12.4 Å². The molecule has 9 heteroatoms. The normalized spacial score (nSPS) is 19.0. The van der Waals surface area contributed by atoms with E-state index in [1.54, 1.807) is 13.3 Å². The van der Waals surface area contributed by atoms with E-state index in [4.69, 9.17) is 4.74 Å². The van der Waals surface area contributed by atoms with Crippen molar-refractivity contribution in [3.8, 4) is 0 Å². The van der Waals surface area contributed by atoms with Gasteiger partial charge in [0.2, 0.25) is 0 Å². The Morgan fingerprint density at radius 1 is 1.19 bits per heavy atom. The van der Waals surface area contributed by atoms with Crippen molar-refractivity contribution in [2.45, 2.75) is 58.5 Å². The van der Waals surface area contributed by atoms with E-state index in [1.807, 2.05) is 28.6 Å². The zero-order valence-electron chi connectivity index (χ0n) is 21.6. The lowest BCUT2D eigenvalue weighted by Crippen LogP contribution is -2.53. The molecule has 1 amide bonds. The number of hydrogen-bond acceptors (Lipinski definition) is 5. The van der Waals surface area contributed by atoms with E-state index in [1.165, 1.54) is 19.3 Å². The molecule has 196 valence electrons. The summed E-state index contributed by atoms with van der Waals surface area (Å²) in [6.07, 6.45) is 7.53. The van der Waals surface area contributed by atoms with Crippen molar-refractivity contribution in [3.63, 3.8) is 0 Å². The number of piperazine rings is 1. The van der Waals surface area contributed by atoms with Crippen molar-refractivity contribution in [2.75, 3.05) is 39.9 Å². The van der Waals surface area contributed by atoms with Crippen molar-refractivity contribution in [2.24, 2.45) is 5.92 Å². The van der Waals surface area contributed by atoms with Gasteiger partial charge in [0.15, 0.2) is 0 Å². The molecule has 3 aromatic rings. The van der Waals surface area contributed by atoms with Crippen LogP contribution in [0.15, 0.2) is 23.1 Å². The summed E-state index contributed by atoms with van der Waals surface area (Å²) >= 11 is 0. The van der Waals surface area contributed by atoms with Crippen molar-refractivity contribution < 1.29 is 9.53 Å². The minimum atomic E-state index is -0.124. The van der Waals surface area contributed by atoms with Crippen LogP contribution in [0.3, 0.4) is 0 Å². The van der Waals surface area contributed by atoms with E-state index in [0.29, 0.717) is 22.9 Å². The van der Waals surface area contributed by atoms with E-state index < -0.39 is 0 Å². The van der Waals surface area contributed by atoms with Crippen molar-refractivity contribution in [1.82, 2.24) is 24.6 Å². The predicted molar refractivity (Wildman–Crippen MR) is 145 cm³/mol. The number of aromatic amines is 1. The van der Waals surface area contributed by atoms with Crippen LogP contribution in [0, 0.1) is 12.8 Å². The van der Waals surface area contributed by atoms with Crippen LogP contribution in [0.5, 0.6) is 0 Å². The van der Waals surface area contributed by atoms with Crippen LogP contribution in [-0.4, -0.2) is 76.4 Å². The fourth-order valence-electron chi connectivity index (χ4n) is 5.56. The van der Waals surface area contributed by atoms with Crippen LogP contribution < -0.4 is 5.56 Å². The molecule has 2 aromatic heterocycles. The number of aryl methyl sites for hydroxylation is 1. The van der Waals surface area contributed by atoms with Crippen LogP contribution in [0.4, 0.5) is 0 Å². The van der Waals surface area contributed by atoms with Gasteiger partial charge in [-0.05, 0) is 69.7 Å². The highest BCUT2D eigenvalue weighted by atomic mass is 35.5. The number of halogens is 1. The number of unbranched alkanes of at least 4 members (excludes halogenated alkanes) is 1. The summed E-state index contributed by atoms with van der Waals surface area (Å²) in [6.45, 7) is 9.16. The molecule has 0 radical (unpaired) electrons. The molecule has 1 saturated carbocycles. The number of benzene rings is 1. The molecule has 1 N–H and O–H groups in total. The zero-order chi connectivity index (χ0) is 24.5. The molecule has 0 unspecified atom stereocenters. The third kappa shape index (κ3) is 5.17.